The number of likely N-dealkylation sites (N-methyl/N-ethyl adjacent to an activating group) is 1. The minimum absolute atomic E-state index is 0.0245. The van der Waals surface area contributed by atoms with Gasteiger partial charge >= 0.3 is 5.97 Å². The molecule has 1 amide bonds. The lowest BCUT2D eigenvalue weighted by molar-refractivity contribution is -0.870. The highest BCUT2D eigenvalue weighted by Crippen LogP contribution is 2.38. The number of quaternary nitrogens is 1. The predicted molar refractivity (Wildman–Crippen MR) is 399 cm³/mol. The Balaban J connectivity index is 4.94. The molecular formula is C82H149N2O7P. The Morgan fingerprint density at radius 1 is 0.391 bits per heavy atom. The summed E-state index contributed by atoms with van der Waals surface area (Å²) in [6, 6.07) is -0.894. The number of nitrogens with one attached hydrogen (secondary N) is 1. The molecule has 9 nitrogen and oxygen atoms in total. The Bertz CT molecular complexity index is 1900. The van der Waals surface area contributed by atoms with Gasteiger partial charge in [-0.3, -0.25) is 14.2 Å². The van der Waals surface area contributed by atoms with Gasteiger partial charge in [-0.1, -0.05) is 337 Å². The summed E-state index contributed by atoms with van der Waals surface area (Å²) in [6.45, 7) is 6.75. The molecule has 0 aliphatic heterocycles. The fourth-order valence-electron chi connectivity index (χ4n) is 11.3. The smallest absolute Gasteiger partial charge is 0.306 e. The molecule has 0 spiro atoms. The van der Waals surface area contributed by atoms with E-state index in [0.29, 0.717) is 17.4 Å². The highest BCUT2D eigenvalue weighted by molar-refractivity contribution is 7.45. The third kappa shape index (κ3) is 71.2. The summed E-state index contributed by atoms with van der Waals surface area (Å²) in [5.41, 5.74) is 0. The van der Waals surface area contributed by atoms with Gasteiger partial charge in [0.15, 0.2) is 0 Å². The van der Waals surface area contributed by atoms with Crippen LogP contribution in [0.15, 0.2) is 97.2 Å². The standard InChI is InChI=1S/C82H149N2O7P/c1-7-10-13-16-19-22-25-28-30-32-34-36-38-40-42-44-46-48-50-52-54-56-59-62-65-68-71-74-81(85)83-79(78-90-92(87,88)89-77-76-84(4,5)6)80(73-70-67-64-61-58-27-24-21-18-15-12-9-3)91-82(86)75-72-69-66-63-60-57-55-53-51-49-47-45-43-41-39-37-35-33-31-29-26-23-20-17-14-11-8-2/h11,14,19-20,22-23,28-31,35,37,41,43,70,73,79-80H,7-10,12-13,15-18,21,24-27,32-34,36,38-40,42,44-69,71-72,74-78H2,1-6H3,(H-,83,85,87,88)/b14-11-,22-19-,23-20-,30-28-,31-29-,37-35-,43-41-,73-70+. The van der Waals surface area contributed by atoms with Gasteiger partial charge in [-0.05, 0) is 109 Å². The van der Waals surface area contributed by atoms with Crippen LogP contribution in [-0.4, -0.2) is 69.4 Å². The van der Waals surface area contributed by atoms with E-state index in [0.717, 1.165) is 96.3 Å². The van der Waals surface area contributed by atoms with E-state index in [2.05, 4.69) is 111 Å². The van der Waals surface area contributed by atoms with E-state index < -0.39 is 20.0 Å². The fourth-order valence-corrected chi connectivity index (χ4v) is 12.0. The Morgan fingerprint density at radius 2 is 0.696 bits per heavy atom. The minimum atomic E-state index is -4.71. The van der Waals surface area contributed by atoms with E-state index in [1.165, 1.54) is 231 Å². The topological polar surface area (TPSA) is 114 Å². The fraction of sp³-hybridized carbons (Fsp3) is 0.780. The lowest BCUT2D eigenvalue weighted by Gasteiger charge is -2.30. The van der Waals surface area contributed by atoms with Crippen LogP contribution < -0.4 is 10.2 Å². The van der Waals surface area contributed by atoms with Gasteiger partial charge in [0.05, 0.1) is 33.8 Å². The SMILES string of the molecule is CC/C=C\C/C=C\C/C=C\C/C=C\C/C=C\CCCCCCCCCCCCCC(=O)OC(/C=C/CCCCCCCCCCCC)C(COP(=O)([O-])OCC[N+](C)(C)C)NC(=O)CCCCCCCCCCCCCCCCCCC/C=C\C/C=C\CCCCC. The van der Waals surface area contributed by atoms with E-state index in [-0.39, 0.29) is 31.5 Å². The maximum Gasteiger partial charge on any atom is 0.306 e. The first-order chi connectivity index (χ1) is 44.9. The van der Waals surface area contributed by atoms with Crippen molar-refractivity contribution < 1.29 is 37.3 Å². The quantitative estimate of drug-likeness (QED) is 0.0212. The number of ether oxygens (including phenoxy) is 1. The first-order valence-corrected chi connectivity index (χ1v) is 40.5. The number of rotatable bonds is 71. The number of carbonyl (C=O) groups excluding carboxylic acids is 2. The van der Waals surface area contributed by atoms with Crippen LogP contribution in [0.25, 0.3) is 0 Å². The number of allylic oxidation sites excluding steroid dienone is 15. The number of phosphoric ester groups is 1. The monoisotopic (exact) mass is 1310 g/mol. The Labute approximate surface area is 570 Å². The summed E-state index contributed by atoms with van der Waals surface area (Å²) in [7, 11) is 1.19. The van der Waals surface area contributed by atoms with Crippen LogP contribution in [0.3, 0.4) is 0 Å². The highest BCUT2D eigenvalue weighted by atomic mass is 31.2. The zero-order valence-corrected chi connectivity index (χ0v) is 62.1. The third-order valence-corrected chi connectivity index (χ3v) is 18.2. The first kappa shape index (κ1) is 88.9. The maximum absolute atomic E-state index is 13.6. The summed E-state index contributed by atoms with van der Waals surface area (Å²) < 4.78 is 30.5. The van der Waals surface area contributed by atoms with Crippen molar-refractivity contribution in [2.45, 2.75) is 373 Å². The Hall–Kier alpha value is -3.07. The van der Waals surface area contributed by atoms with Crippen LogP contribution in [0.5, 0.6) is 0 Å². The molecule has 92 heavy (non-hydrogen) atoms. The molecule has 0 radical (unpaired) electrons. The first-order valence-electron chi connectivity index (χ1n) is 39.0. The molecule has 10 heteroatoms. The van der Waals surface area contributed by atoms with Crippen molar-refractivity contribution in [3.8, 4) is 0 Å². The van der Waals surface area contributed by atoms with Gasteiger partial charge in [-0.2, -0.15) is 0 Å². The molecule has 0 heterocycles. The van der Waals surface area contributed by atoms with Crippen LogP contribution >= 0.6 is 7.82 Å². The van der Waals surface area contributed by atoms with Gasteiger partial charge in [0, 0.05) is 12.8 Å². The number of carbonyl (C=O) groups is 2. The Morgan fingerprint density at radius 3 is 1.07 bits per heavy atom. The molecule has 1 N–H and O–H groups in total. The number of esters is 1. The van der Waals surface area contributed by atoms with Crippen LogP contribution in [0.2, 0.25) is 0 Å². The average Bonchev–Trinajstić information content (AvgIpc) is 3.72. The second-order valence-corrected chi connectivity index (χ2v) is 28.9. The molecule has 0 aliphatic carbocycles. The van der Waals surface area contributed by atoms with Gasteiger partial charge in [-0.25, -0.2) is 0 Å². The number of hydrogen-bond acceptors (Lipinski definition) is 7. The highest BCUT2D eigenvalue weighted by Gasteiger charge is 2.27. The predicted octanol–water partition coefficient (Wildman–Crippen LogP) is 24.8. The molecule has 3 unspecified atom stereocenters. The molecule has 0 saturated carbocycles. The summed E-state index contributed by atoms with van der Waals surface area (Å²) >= 11 is 0. The van der Waals surface area contributed by atoms with Gasteiger partial charge < -0.3 is 28.5 Å². The van der Waals surface area contributed by atoms with Crippen molar-refractivity contribution in [3.05, 3.63) is 97.2 Å². The molecule has 0 bridgehead atoms. The summed E-state index contributed by atoms with van der Waals surface area (Å²) in [5.74, 6) is -0.534. The molecular weight excluding hydrogens is 1160 g/mol. The van der Waals surface area contributed by atoms with Crippen LogP contribution in [0.1, 0.15) is 361 Å². The lowest BCUT2D eigenvalue weighted by Crippen LogP contribution is -2.47. The van der Waals surface area contributed by atoms with Crippen molar-refractivity contribution in [2.75, 3.05) is 40.9 Å². The summed E-state index contributed by atoms with van der Waals surface area (Å²) in [6.07, 6.45) is 96.9. The van der Waals surface area contributed by atoms with Crippen molar-refractivity contribution in [1.82, 2.24) is 5.32 Å². The Kier molecular flexibility index (Phi) is 68.4. The van der Waals surface area contributed by atoms with Gasteiger partial charge in [0.25, 0.3) is 7.82 Å². The molecule has 534 valence electrons. The van der Waals surface area contributed by atoms with Gasteiger partial charge in [0.2, 0.25) is 5.91 Å². The second kappa shape index (κ2) is 70.7. The summed E-state index contributed by atoms with van der Waals surface area (Å²) in [4.78, 5) is 40.3. The van der Waals surface area contributed by atoms with Gasteiger partial charge in [-0.15, -0.1) is 0 Å². The van der Waals surface area contributed by atoms with Crippen molar-refractivity contribution in [1.29, 1.82) is 0 Å². The average molecular weight is 1310 g/mol. The molecule has 0 rings (SSSR count). The molecule has 0 aliphatic rings. The molecule has 3 atom stereocenters. The number of phosphoric acid groups is 1. The maximum atomic E-state index is 13.6. The van der Waals surface area contributed by atoms with Crippen LogP contribution in [0, 0.1) is 0 Å². The van der Waals surface area contributed by atoms with Crippen LogP contribution in [0.4, 0.5) is 0 Å². The third-order valence-electron chi connectivity index (χ3n) is 17.2. The zero-order chi connectivity index (χ0) is 67.0. The second-order valence-electron chi connectivity index (χ2n) is 27.5. The number of unbranched alkanes of at least 4 members (excludes halogenated alkanes) is 41. The van der Waals surface area contributed by atoms with E-state index in [4.69, 9.17) is 13.8 Å². The van der Waals surface area contributed by atoms with Crippen molar-refractivity contribution in [3.63, 3.8) is 0 Å². The number of nitrogens with zero attached hydrogens (tertiary/aromatic N) is 1. The minimum Gasteiger partial charge on any atom is -0.756 e. The summed E-state index contributed by atoms with van der Waals surface area (Å²) in [5, 5.41) is 3.05. The molecule has 0 aromatic heterocycles. The largest absolute Gasteiger partial charge is 0.756 e. The lowest BCUT2D eigenvalue weighted by atomic mass is 10.0. The van der Waals surface area contributed by atoms with Crippen LogP contribution in [-0.2, 0) is 27.9 Å². The number of hydrogen-bond donors (Lipinski definition) is 1. The van der Waals surface area contributed by atoms with E-state index in [9.17, 15) is 19.0 Å². The van der Waals surface area contributed by atoms with Crippen molar-refractivity contribution >= 4 is 19.7 Å². The van der Waals surface area contributed by atoms with Crippen molar-refractivity contribution in [2.24, 2.45) is 0 Å². The normalized spacial score (nSPS) is 13.9. The van der Waals surface area contributed by atoms with E-state index in [1.807, 2.05) is 33.3 Å². The molecule has 0 fully saturated rings. The zero-order valence-electron chi connectivity index (χ0n) is 61.2. The van der Waals surface area contributed by atoms with E-state index in [1.54, 1.807) is 0 Å². The molecule has 0 aromatic rings. The number of amides is 1. The van der Waals surface area contributed by atoms with E-state index >= 15 is 0 Å². The molecule has 0 aromatic carbocycles. The molecule has 0 saturated heterocycles. The van der Waals surface area contributed by atoms with Gasteiger partial charge in [0.1, 0.15) is 19.3 Å².